The minimum Gasteiger partial charge on any atom is -0.444 e. The summed E-state index contributed by atoms with van der Waals surface area (Å²) in [4.78, 5) is 11.5. The molecular weight excluding hydrogens is 298 g/mol. The summed E-state index contributed by atoms with van der Waals surface area (Å²) in [7, 11) is 0. The van der Waals surface area contributed by atoms with E-state index in [1.807, 2.05) is 39.0 Å². The first kappa shape index (κ1) is 15.0. The monoisotopic (exact) mass is 315 g/mol. The van der Waals surface area contributed by atoms with Crippen LogP contribution in [0.1, 0.15) is 31.9 Å². The fraction of sp³-hybridized carbons (Fsp3) is 0.462. The molecule has 0 bridgehead atoms. The molecule has 0 spiro atoms. The predicted molar refractivity (Wildman–Crippen MR) is 73.1 cm³/mol. The Kier molecular flexibility index (Phi) is 5.16. The standard InChI is InChI=1S/C13H18BrNO3/c1-13(2,3)18-12(17)15-7-10-6-9(8-16)4-5-11(10)14/h4-6,16H,7-8H2,1-3H3,(H,15,17). The molecule has 0 saturated heterocycles. The highest BCUT2D eigenvalue weighted by Gasteiger charge is 2.15. The van der Waals surface area contributed by atoms with Gasteiger partial charge < -0.3 is 15.2 Å². The van der Waals surface area contributed by atoms with Crippen LogP contribution < -0.4 is 5.32 Å². The third-order valence-electron chi connectivity index (χ3n) is 2.11. The number of carbonyl (C=O) groups excluding carboxylic acids is 1. The van der Waals surface area contributed by atoms with Crippen molar-refractivity contribution in [2.45, 2.75) is 39.5 Å². The second-order valence-corrected chi connectivity index (χ2v) is 5.79. The van der Waals surface area contributed by atoms with Gasteiger partial charge in [-0.3, -0.25) is 0 Å². The van der Waals surface area contributed by atoms with Gasteiger partial charge in [0, 0.05) is 11.0 Å². The van der Waals surface area contributed by atoms with Gasteiger partial charge in [-0.1, -0.05) is 28.1 Å². The van der Waals surface area contributed by atoms with E-state index in [0.717, 1.165) is 15.6 Å². The van der Waals surface area contributed by atoms with Crippen LogP contribution in [-0.2, 0) is 17.9 Å². The van der Waals surface area contributed by atoms with E-state index in [-0.39, 0.29) is 6.61 Å². The van der Waals surface area contributed by atoms with Crippen molar-refractivity contribution < 1.29 is 14.6 Å². The van der Waals surface area contributed by atoms with Crippen LogP contribution in [0.25, 0.3) is 0 Å². The van der Waals surface area contributed by atoms with E-state index in [9.17, 15) is 4.79 Å². The average molecular weight is 316 g/mol. The first-order valence-corrected chi connectivity index (χ1v) is 6.46. The molecule has 100 valence electrons. The number of amides is 1. The normalized spacial score (nSPS) is 11.2. The summed E-state index contributed by atoms with van der Waals surface area (Å²) in [5.41, 5.74) is 1.19. The number of ether oxygens (including phenoxy) is 1. The second kappa shape index (κ2) is 6.20. The van der Waals surface area contributed by atoms with Crippen LogP contribution in [0, 0.1) is 0 Å². The first-order valence-electron chi connectivity index (χ1n) is 5.67. The van der Waals surface area contributed by atoms with E-state index in [4.69, 9.17) is 9.84 Å². The van der Waals surface area contributed by atoms with E-state index >= 15 is 0 Å². The summed E-state index contributed by atoms with van der Waals surface area (Å²) in [5, 5.41) is 11.7. The van der Waals surface area contributed by atoms with Crippen molar-refractivity contribution >= 4 is 22.0 Å². The summed E-state index contributed by atoms with van der Waals surface area (Å²) >= 11 is 3.40. The lowest BCUT2D eigenvalue weighted by molar-refractivity contribution is 0.0523. The van der Waals surface area contributed by atoms with E-state index in [1.165, 1.54) is 0 Å². The van der Waals surface area contributed by atoms with Crippen molar-refractivity contribution in [1.82, 2.24) is 5.32 Å². The van der Waals surface area contributed by atoms with E-state index in [1.54, 1.807) is 0 Å². The molecular formula is C13H18BrNO3. The van der Waals surface area contributed by atoms with Gasteiger partial charge in [0.05, 0.1) is 6.61 Å². The highest BCUT2D eigenvalue weighted by atomic mass is 79.9. The zero-order chi connectivity index (χ0) is 13.8. The fourth-order valence-corrected chi connectivity index (χ4v) is 1.73. The predicted octanol–water partition coefficient (Wildman–Crippen LogP) is 2.97. The minimum absolute atomic E-state index is 0.0211. The number of aliphatic hydroxyl groups is 1. The van der Waals surface area contributed by atoms with Crippen LogP contribution in [0.2, 0.25) is 0 Å². The Hall–Kier alpha value is -1.07. The summed E-state index contributed by atoms with van der Waals surface area (Å²) in [6.45, 7) is 5.77. The number of hydrogen-bond acceptors (Lipinski definition) is 3. The average Bonchev–Trinajstić information content (AvgIpc) is 2.25. The zero-order valence-corrected chi connectivity index (χ0v) is 12.4. The topological polar surface area (TPSA) is 58.6 Å². The summed E-state index contributed by atoms with van der Waals surface area (Å²) < 4.78 is 6.03. The van der Waals surface area contributed by atoms with Crippen LogP contribution in [0.3, 0.4) is 0 Å². The number of alkyl carbamates (subject to hydrolysis) is 1. The number of halogens is 1. The molecule has 1 rings (SSSR count). The summed E-state index contributed by atoms with van der Waals surface area (Å²) in [6, 6.07) is 5.50. The minimum atomic E-state index is -0.506. The molecule has 0 atom stereocenters. The van der Waals surface area contributed by atoms with Gasteiger partial charge in [-0.05, 0) is 38.0 Å². The number of hydrogen-bond donors (Lipinski definition) is 2. The third kappa shape index (κ3) is 5.06. The molecule has 4 nitrogen and oxygen atoms in total. The Labute approximate surface area is 115 Å². The van der Waals surface area contributed by atoms with Crippen molar-refractivity contribution in [3.63, 3.8) is 0 Å². The molecule has 18 heavy (non-hydrogen) atoms. The van der Waals surface area contributed by atoms with E-state index in [0.29, 0.717) is 6.54 Å². The number of aliphatic hydroxyl groups excluding tert-OH is 1. The quantitative estimate of drug-likeness (QED) is 0.901. The molecule has 2 N–H and O–H groups in total. The SMILES string of the molecule is CC(C)(C)OC(=O)NCc1cc(CO)ccc1Br. The number of nitrogens with one attached hydrogen (secondary N) is 1. The number of rotatable bonds is 3. The Morgan fingerprint density at radius 1 is 1.44 bits per heavy atom. The fourth-order valence-electron chi connectivity index (χ4n) is 1.34. The molecule has 1 aromatic rings. The highest BCUT2D eigenvalue weighted by Crippen LogP contribution is 2.18. The Bertz CT molecular complexity index is 427. The van der Waals surface area contributed by atoms with Crippen LogP contribution >= 0.6 is 15.9 Å². The van der Waals surface area contributed by atoms with Crippen LogP contribution in [0.15, 0.2) is 22.7 Å². The van der Waals surface area contributed by atoms with Crippen LogP contribution in [0.4, 0.5) is 4.79 Å². The number of carbonyl (C=O) groups is 1. The van der Waals surface area contributed by atoms with Gasteiger partial charge in [0.2, 0.25) is 0 Å². The second-order valence-electron chi connectivity index (χ2n) is 4.94. The van der Waals surface area contributed by atoms with Gasteiger partial charge in [-0.2, -0.15) is 0 Å². The molecule has 5 heteroatoms. The van der Waals surface area contributed by atoms with Gasteiger partial charge in [0.1, 0.15) is 5.60 Å². The largest absolute Gasteiger partial charge is 0.444 e. The highest BCUT2D eigenvalue weighted by molar-refractivity contribution is 9.10. The van der Waals surface area contributed by atoms with Crippen molar-refractivity contribution in [1.29, 1.82) is 0 Å². The van der Waals surface area contributed by atoms with Gasteiger partial charge >= 0.3 is 6.09 Å². The molecule has 0 unspecified atom stereocenters. The summed E-state index contributed by atoms with van der Waals surface area (Å²) in [5.74, 6) is 0. The smallest absolute Gasteiger partial charge is 0.407 e. The Morgan fingerprint density at radius 3 is 2.67 bits per heavy atom. The lowest BCUT2D eigenvalue weighted by Gasteiger charge is -2.19. The third-order valence-corrected chi connectivity index (χ3v) is 2.89. The lowest BCUT2D eigenvalue weighted by Crippen LogP contribution is -2.32. The molecule has 0 fully saturated rings. The van der Waals surface area contributed by atoms with Crippen LogP contribution in [0.5, 0.6) is 0 Å². The molecule has 0 heterocycles. The zero-order valence-electron chi connectivity index (χ0n) is 10.8. The molecule has 0 aliphatic heterocycles. The number of benzene rings is 1. The molecule has 1 amide bonds. The van der Waals surface area contributed by atoms with Crippen molar-refractivity contribution in [2.75, 3.05) is 0 Å². The maximum absolute atomic E-state index is 11.5. The maximum atomic E-state index is 11.5. The van der Waals surface area contributed by atoms with Crippen molar-refractivity contribution in [3.05, 3.63) is 33.8 Å². The Morgan fingerprint density at radius 2 is 2.11 bits per heavy atom. The molecule has 0 radical (unpaired) electrons. The van der Waals surface area contributed by atoms with Gasteiger partial charge in [0.25, 0.3) is 0 Å². The maximum Gasteiger partial charge on any atom is 0.407 e. The van der Waals surface area contributed by atoms with E-state index in [2.05, 4.69) is 21.2 Å². The molecule has 0 aliphatic rings. The van der Waals surface area contributed by atoms with Crippen molar-refractivity contribution in [3.8, 4) is 0 Å². The summed E-state index contributed by atoms with van der Waals surface area (Å²) in [6.07, 6.45) is -0.455. The van der Waals surface area contributed by atoms with Gasteiger partial charge in [0.15, 0.2) is 0 Å². The van der Waals surface area contributed by atoms with Crippen molar-refractivity contribution in [2.24, 2.45) is 0 Å². The van der Waals surface area contributed by atoms with Gasteiger partial charge in [-0.25, -0.2) is 4.79 Å². The molecule has 0 saturated carbocycles. The van der Waals surface area contributed by atoms with Crippen LogP contribution in [-0.4, -0.2) is 16.8 Å². The Balaban J connectivity index is 2.60. The molecule has 0 aliphatic carbocycles. The lowest BCUT2D eigenvalue weighted by atomic mass is 10.1. The first-order chi connectivity index (χ1) is 8.31. The molecule has 0 aromatic heterocycles. The van der Waals surface area contributed by atoms with E-state index < -0.39 is 11.7 Å². The van der Waals surface area contributed by atoms with Gasteiger partial charge in [-0.15, -0.1) is 0 Å². The molecule has 1 aromatic carbocycles.